The van der Waals surface area contributed by atoms with Gasteiger partial charge in [0, 0.05) is 5.56 Å². The number of nitrogens with two attached hydrogens (primary N) is 1. The molecule has 0 bridgehead atoms. The van der Waals surface area contributed by atoms with E-state index in [2.05, 4.69) is 20.0 Å². The van der Waals surface area contributed by atoms with Gasteiger partial charge in [0.2, 0.25) is 5.89 Å². The third-order valence-electron chi connectivity index (χ3n) is 4.89. The number of hydrogen-bond acceptors (Lipinski definition) is 7. The summed E-state index contributed by atoms with van der Waals surface area (Å²) in [7, 11) is 0. The number of carbonyl (C=O) groups is 1. The van der Waals surface area contributed by atoms with Gasteiger partial charge in [-0.3, -0.25) is 9.78 Å². The molecule has 174 valence electrons. The summed E-state index contributed by atoms with van der Waals surface area (Å²) in [6, 6.07) is 6.95. The maximum atomic E-state index is 13.0. The van der Waals surface area contributed by atoms with Crippen molar-refractivity contribution in [3.05, 3.63) is 59.5 Å². The fourth-order valence-corrected chi connectivity index (χ4v) is 3.00. The zero-order valence-electron chi connectivity index (χ0n) is 17.4. The van der Waals surface area contributed by atoms with Crippen molar-refractivity contribution < 1.29 is 31.9 Å². The molecule has 1 aliphatic carbocycles. The maximum Gasteiger partial charge on any atom is 0.387 e. The average Bonchev–Trinajstić information content (AvgIpc) is 3.53. The number of hydrogen-bond donors (Lipinski definition) is 2. The Morgan fingerprint density at radius 1 is 1.24 bits per heavy atom. The number of halogens is 3. The number of ether oxygens (including phenoxy) is 2. The molecule has 0 saturated heterocycles. The van der Waals surface area contributed by atoms with Gasteiger partial charge in [-0.15, -0.1) is 0 Å². The summed E-state index contributed by atoms with van der Waals surface area (Å²) >= 11 is 0. The molecule has 8 nitrogen and oxygen atoms in total. The highest BCUT2D eigenvalue weighted by molar-refractivity contribution is 5.93. The predicted molar refractivity (Wildman–Crippen MR) is 110 cm³/mol. The Morgan fingerprint density at radius 3 is 2.73 bits per heavy atom. The summed E-state index contributed by atoms with van der Waals surface area (Å²) < 4.78 is 54.3. The second-order valence-corrected chi connectivity index (χ2v) is 7.44. The fraction of sp³-hybridized carbons (Fsp3) is 0.318. The van der Waals surface area contributed by atoms with E-state index in [0.29, 0.717) is 23.8 Å². The van der Waals surface area contributed by atoms with Crippen LogP contribution >= 0.6 is 0 Å². The van der Waals surface area contributed by atoms with Crippen LogP contribution < -0.4 is 20.5 Å². The molecule has 1 saturated carbocycles. The van der Waals surface area contributed by atoms with E-state index in [0.717, 1.165) is 19.0 Å². The standard InChI is InChI=1S/C22H21F3N4O4/c23-14-4-5-15(27-9-14)10-28-20(30)19-18(8-26)32-21(29-19)13-3-6-16(33-22(24)25)17(7-13)31-11-12-1-2-12/h3-7,9,12,22H,1-2,8,10-11,26H2,(H,28,30). The lowest BCUT2D eigenvalue weighted by Gasteiger charge is -2.12. The molecule has 2 aromatic heterocycles. The van der Waals surface area contributed by atoms with Gasteiger partial charge < -0.3 is 24.9 Å². The Kier molecular flexibility index (Phi) is 6.78. The molecule has 1 fully saturated rings. The number of amides is 1. The molecule has 4 rings (SSSR count). The molecule has 0 atom stereocenters. The lowest BCUT2D eigenvalue weighted by atomic mass is 10.2. The zero-order valence-corrected chi connectivity index (χ0v) is 17.4. The highest BCUT2D eigenvalue weighted by atomic mass is 19.3. The third kappa shape index (κ3) is 5.80. The van der Waals surface area contributed by atoms with Crippen molar-refractivity contribution in [1.29, 1.82) is 0 Å². The molecule has 0 radical (unpaired) electrons. The van der Waals surface area contributed by atoms with Gasteiger partial charge in [-0.05, 0) is 49.1 Å². The minimum Gasteiger partial charge on any atom is -0.489 e. The highest BCUT2D eigenvalue weighted by Gasteiger charge is 2.24. The molecule has 1 amide bonds. The lowest BCUT2D eigenvalue weighted by molar-refractivity contribution is -0.0515. The minimum atomic E-state index is -3.00. The van der Waals surface area contributed by atoms with Gasteiger partial charge in [-0.25, -0.2) is 9.37 Å². The van der Waals surface area contributed by atoms with Crippen LogP contribution in [0.3, 0.4) is 0 Å². The Bertz CT molecular complexity index is 1120. The molecule has 0 unspecified atom stereocenters. The normalized spacial score (nSPS) is 13.2. The first-order chi connectivity index (χ1) is 15.9. The molecule has 0 aliphatic heterocycles. The Balaban J connectivity index is 1.53. The largest absolute Gasteiger partial charge is 0.489 e. The van der Waals surface area contributed by atoms with Crippen molar-refractivity contribution in [2.75, 3.05) is 6.61 Å². The van der Waals surface area contributed by atoms with Crippen LogP contribution in [0.2, 0.25) is 0 Å². The summed E-state index contributed by atoms with van der Waals surface area (Å²) in [6.45, 7) is -2.67. The Labute approximate surface area is 186 Å². The summed E-state index contributed by atoms with van der Waals surface area (Å²) in [4.78, 5) is 20.7. The van der Waals surface area contributed by atoms with Crippen LogP contribution in [0.15, 0.2) is 40.9 Å². The van der Waals surface area contributed by atoms with Crippen molar-refractivity contribution in [2.24, 2.45) is 11.7 Å². The summed E-state index contributed by atoms with van der Waals surface area (Å²) in [5, 5.41) is 2.63. The fourth-order valence-electron chi connectivity index (χ4n) is 3.00. The average molecular weight is 462 g/mol. The Hall–Kier alpha value is -3.60. The molecule has 1 aromatic carbocycles. The molecule has 3 N–H and O–H groups in total. The first kappa shape index (κ1) is 22.6. The van der Waals surface area contributed by atoms with Crippen LogP contribution in [0.1, 0.15) is 34.8 Å². The number of oxazole rings is 1. The molecule has 1 aliphatic rings. The van der Waals surface area contributed by atoms with Crippen molar-refractivity contribution in [3.8, 4) is 23.0 Å². The van der Waals surface area contributed by atoms with Crippen molar-refractivity contribution in [3.63, 3.8) is 0 Å². The summed E-state index contributed by atoms with van der Waals surface area (Å²) in [6.07, 6.45) is 3.10. The van der Waals surface area contributed by atoms with E-state index in [4.69, 9.17) is 14.9 Å². The molecule has 3 aromatic rings. The molecular formula is C22H21F3N4O4. The first-order valence-electron chi connectivity index (χ1n) is 10.2. The lowest BCUT2D eigenvalue weighted by Crippen LogP contribution is -2.25. The molecular weight excluding hydrogens is 441 g/mol. The van der Waals surface area contributed by atoms with Gasteiger partial charge in [0.1, 0.15) is 5.82 Å². The van der Waals surface area contributed by atoms with E-state index in [-0.39, 0.29) is 41.9 Å². The number of benzene rings is 1. The van der Waals surface area contributed by atoms with Crippen molar-refractivity contribution in [2.45, 2.75) is 32.5 Å². The molecule has 33 heavy (non-hydrogen) atoms. The van der Waals surface area contributed by atoms with E-state index in [9.17, 15) is 18.0 Å². The second-order valence-electron chi connectivity index (χ2n) is 7.44. The van der Waals surface area contributed by atoms with Crippen LogP contribution in [-0.2, 0) is 13.1 Å². The zero-order chi connectivity index (χ0) is 23.4. The first-order valence-corrected chi connectivity index (χ1v) is 10.2. The minimum absolute atomic E-state index is 0.0250. The molecule has 0 spiro atoms. The number of nitrogens with zero attached hydrogens (tertiary/aromatic N) is 2. The number of aromatic nitrogens is 2. The van der Waals surface area contributed by atoms with Gasteiger partial charge in [0.25, 0.3) is 5.91 Å². The highest BCUT2D eigenvalue weighted by Crippen LogP contribution is 2.36. The quantitative estimate of drug-likeness (QED) is 0.473. The van der Waals surface area contributed by atoms with E-state index in [1.807, 2.05) is 0 Å². The van der Waals surface area contributed by atoms with Crippen LogP contribution in [0, 0.1) is 11.7 Å². The summed E-state index contributed by atoms with van der Waals surface area (Å²) in [5.74, 6) is -0.417. The monoisotopic (exact) mass is 462 g/mol. The number of alkyl halides is 2. The molecule has 2 heterocycles. The van der Waals surface area contributed by atoms with Gasteiger partial charge in [-0.2, -0.15) is 8.78 Å². The summed E-state index contributed by atoms with van der Waals surface area (Å²) in [5.41, 5.74) is 6.53. The van der Waals surface area contributed by atoms with Crippen molar-refractivity contribution >= 4 is 5.91 Å². The maximum absolute atomic E-state index is 13.0. The predicted octanol–water partition coefficient (Wildman–Crippen LogP) is 3.65. The van der Waals surface area contributed by atoms with E-state index >= 15 is 0 Å². The van der Waals surface area contributed by atoms with Crippen LogP contribution in [-0.4, -0.2) is 29.1 Å². The number of pyridine rings is 1. The smallest absolute Gasteiger partial charge is 0.387 e. The van der Waals surface area contributed by atoms with Gasteiger partial charge in [0.15, 0.2) is 23.0 Å². The van der Waals surface area contributed by atoms with Gasteiger partial charge in [0.05, 0.1) is 31.6 Å². The number of nitrogens with one attached hydrogen (secondary N) is 1. The topological polar surface area (TPSA) is 113 Å². The third-order valence-corrected chi connectivity index (χ3v) is 4.89. The van der Waals surface area contributed by atoms with Crippen LogP contribution in [0.5, 0.6) is 11.5 Å². The van der Waals surface area contributed by atoms with Crippen LogP contribution in [0.25, 0.3) is 11.5 Å². The molecule has 11 heteroatoms. The van der Waals surface area contributed by atoms with E-state index in [1.165, 1.54) is 30.3 Å². The SMILES string of the molecule is NCc1oc(-c2ccc(OC(F)F)c(OCC3CC3)c2)nc1C(=O)NCc1ccc(F)cn1. The van der Waals surface area contributed by atoms with E-state index < -0.39 is 18.3 Å². The second kappa shape index (κ2) is 9.90. The Morgan fingerprint density at radius 2 is 2.06 bits per heavy atom. The van der Waals surface area contributed by atoms with Gasteiger partial charge in [-0.1, -0.05) is 0 Å². The number of carbonyl (C=O) groups excluding carboxylic acids is 1. The van der Waals surface area contributed by atoms with E-state index in [1.54, 1.807) is 0 Å². The van der Waals surface area contributed by atoms with Gasteiger partial charge >= 0.3 is 6.61 Å². The van der Waals surface area contributed by atoms with Crippen molar-refractivity contribution in [1.82, 2.24) is 15.3 Å². The number of rotatable bonds is 10. The van der Waals surface area contributed by atoms with Crippen LogP contribution in [0.4, 0.5) is 13.2 Å².